The number of hydrogen-bond donors (Lipinski definition) is 1. The maximum Gasteiger partial charge on any atom is 0.171 e. The molecule has 0 amide bonds. The first-order valence-corrected chi connectivity index (χ1v) is 5.74. The zero-order valence-electron chi connectivity index (χ0n) is 9.65. The highest BCUT2D eigenvalue weighted by molar-refractivity contribution is 6.31. The summed E-state index contributed by atoms with van der Waals surface area (Å²) in [4.78, 5) is 7.87. The fourth-order valence-electron chi connectivity index (χ4n) is 1.39. The molecule has 94 valence electrons. The number of benzene rings is 1. The molecule has 0 bridgehead atoms. The fourth-order valence-corrected chi connectivity index (χ4v) is 1.55. The maximum absolute atomic E-state index is 13.6. The second-order valence-electron chi connectivity index (χ2n) is 3.40. The van der Waals surface area contributed by atoms with E-state index in [4.69, 9.17) is 16.3 Å². The monoisotopic (exact) mass is 267 g/mol. The van der Waals surface area contributed by atoms with E-state index in [1.54, 1.807) is 19.1 Å². The number of aromatic nitrogens is 2. The maximum atomic E-state index is 13.6. The topological polar surface area (TPSA) is 47.0 Å². The summed E-state index contributed by atoms with van der Waals surface area (Å²) < 4.78 is 18.7. The number of halogens is 2. The van der Waals surface area contributed by atoms with Gasteiger partial charge in [0.25, 0.3) is 0 Å². The van der Waals surface area contributed by atoms with Crippen LogP contribution in [-0.2, 0) is 0 Å². The molecule has 4 nitrogen and oxygen atoms in total. The SMILES string of the molecule is CCOc1ccc(Nc2nccnc2Cl)cc1F. The molecule has 0 spiro atoms. The minimum absolute atomic E-state index is 0.216. The molecular formula is C12H11ClFN3O. The molecule has 18 heavy (non-hydrogen) atoms. The average Bonchev–Trinajstić information content (AvgIpc) is 2.36. The number of rotatable bonds is 4. The van der Waals surface area contributed by atoms with Crippen LogP contribution in [-0.4, -0.2) is 16.6 Å². The van der Waals surface area contributed by atoms with Gasteiger partial charge < -0.3 is 10.1 Å². The van der Waals surface area contributed by atoms with Gasteiger partial charge in [-0.05, 0) is 19.1 Å². The lowest BCUT2D eigenvalue weighted by Gasteiger charge is -2.09. The summed E-state index contributed by atoms with van der Waals surface area (Å²) in [5.74, 6) is 0.151. The van der Waals surface area contributed by atoms with E-state index in [0.717, 1.165) is 0 Å². The summed E-state index contributed by atoms with van der Waals surface area (Å²) in [6.07, 6.45) is 2.98. The van der Waals surface area contributed by atoms with E-state index < -0.39 is 5.82 Å². The number of ether oxygens (including phenoxy) is 1. The summed E-state index contributed by atoms with van der Waals surface area (Å²) in [5.41, 5.74) is 0.526. The molecule has 0 atom stereocenters. The number of anilines is 2. The van der Waals surface area contributed by atoms with Crippen molar-refractivity contribution in [3.05, 3.63) is 41.6 Å². The highest BCUT2D eigenvalue weighted by atomic mass is 35.5. The number of nitrogens with one attached hydrogen (secondary N) is 1. The Morgan fingerprint density at radius 1 is 1.33 bits per heavy atom. The molecular weight excluding hydrogens is 257 g/mol. The Labute approximate surface area is 109 Å². The molecule has 2 rings (SSSR count). The Balaban J connectivity index is 2.20. The van der Waals surface area contributed by atoms with Crippen LogP contribution < -0.4 is 10.1 Å². The van der Waals surface area contributed by atoms with Crippen LogP contribution >= 0.6 is 11.6 Å². The first kappa shape index (κ1) is 12.6. The Kier molecular flexibility index (Phi) is 3.94. The van der Waals surface area contributed by atoms with Gasteiger partial charge in [-0.2, -0.15) is 0 Å². The van der Waals surface area contributed by atoms with Crippen molar-refractivity contribution in [2.24, 2.45) is 0 Å². The van der Waals surface area contributed by atoms with Gasteiger partial charge >= 0.3 is 0 Å². The molecule has 0 saturated carbocycles. The summed E-state index contributed by atoms with van der Waals surface area (Å²) in [6, 6.07) is 4.54. The van der Waals surface area contributed by atoms with Gasteiger partial charge in [-0.15, -0.1) is 0 Å². The van der Waals surface area contributed by atoms with Gasteiger partial charge in [0, 0.05) is 24.1 Å². The average molecular weight is 268 g/mol. The standard InChI is InChI=1S/C12H11ClFN3O/c1-2-18-10-4-3-8(7-9(10)14)17-12-11(13)15-5-6-16-12/h3-7H,2H2,1H3,(H,16,17). The van der Waals surface area contributed by atoms with Crippen molar-refractivity contribution in [2.75, 3.05) is 11.9 Å². The highest BCUT2D eigenvalue weighted by Gasteiger charge is 2.06. The summed E-state index contributed by atoms with van der Waals surface area (Å²) in [5, 5.41) is 3.11. The molecule has 0 aliphatic rings. The zero-order valence-corrected chi connectivity index (χ0v) is 10.4. The van der Waals surface area contributed by atoms with Gasteiger partial charge in [-0.25, -0.2) is 14.4 Å². The molecule has 1 aromatic heterocycles. The van der Waals surface area contributed by atoms with Crippen molar-refractivity contribution < 1.29 is 9.13 Å². The third-order valence-corrected chi connectivity index (χ3v) is 2.42. The lowest BCUT2D eigenvalue weighted by Crippen LogP contribution is -1.98. The lowest BCUT2D eigenvalue weighted by atomic mass is 10.3. The molecule has 1 aromatic carbocycles. The third kappa shape index (κ3) is 2.87. The largest absolute Gasteiger partial charge is 0.491 e. The first-order valence-electron chi connectivity index (χ1n) is 5.36. The summed E-state index contributed by atoms with van der Waals surface area (Å²) >= 11 is 5.84. The van der Waals surface area contributed by atoms with Crippen LogP contribution in [0, 0.1) is 5.82 Å². The Morgan fingerprint density at radius 3 is 2.78 bits per heavy atom. The second-order valence-corrected chi connectivity index (χ2v) is 3.76. The molecule has 0 saturated heterocycles. The second kappa shape index (κ2) is 5.64. The predicted octanol–water partition coefficient (Wildman–Crippen LogP) is 3.41. The lowest BCUT2D eigenvalue weighted by molar-refractivity contribution is 0.321. The molecule has 0 unspecified atom stereocenters. The van der Waals surface area contributed by atoms with Crippen LogP contribution in [0.2, 0.25) is 5.15 Å². The Hall–Kier alpha value is -1.88. The van der Waals surface area contributed by atoms with Crippen LogP contribution in [0.4, 0.5) is 15.9 Å². The highest BCUT2D eigenvalue weighted by Crippen LogP contribution is 2.25. The van der Waals surface area contributed by atoms with Crippen molar-refractivity contribution >= 4 is 23.1 Å². The van der Waals surface area contributed by atoms with E-state index in [-0.39, 0.29) is 10.9 Å². The summed E-state index contributed by atoms with van der Waals surface area (Å²) in [6.45, 7) is 2.21. The minimum Gasteiger partial charge on any atom is -0.491 e. The van der Waals surface area contributed by atoms with Gasteiger partial charge in [-0.1, -0.05) is 11.6 Å². The molecule has 2 aromatic rings. The first-order chi connectivity index (χ1) is 8.70. The molecule has 1 N–H and O–H groups in total. The van der Waals surface area contributed by atoms with Crippen LogP contribution in [0.1, 0.15) is 6.92 Å². The van der Waals surface area contributed by atoms with Crippen LogP contribution in [0.5, 0.6) is 5.75 Å². The van der Waals surface area contributed by atoms with Crippen molar-refractivity contribution in [1.82, 2.24) is 9.97 Å². The molecule has 0 radical (unpaired) electrons. The van der Waals surface area contributed by atoms with Crippen molar-refractivity contribution in [3.63, 3.8) is 0 Å². The van der Waals surface area contributed by atoms with Crippen molar-refractivity contribution in [1.29, 1.82) is 0 Å². The molecule has 0 aliphatic carbocycles. The van der Waals surface area contributed by atoms with E-state index in [1.807, 2.05) is 0 Å². The smallest absolute Gasteiger partial charge is 0.171 e. The van der Waals surface area contributed by atoms with Gasteiger partial charge in [0.15, 0.2) is 22.5 Å². The van der Waals surface area contributed by atoms with Crippen molar-refractivity contribution in [2.45, 2.75) is 6.92 Å². The van der Waals surface area contributed by atoms with E-state index in [2.05, 4.69) is 15.3 Å². The summed E-state index contributed by atoms with van der Waals surface area (Å²) in [7, 11) is 0. The Bertz CT molecular complexity index is 551. The third-order valence-electron chi connectivity index (χ3n) is 2.15. The van der Waals surface area contributed by atoms with E-state index in [9.17, 15) is 4.39 Å². The van der Waals surface area contributed by atoms with Crippen LogP contribution in [0.15, 0.2) is 30.6 Å². The minimum atomic E-state index is -0.443. The zero-order chi connectivity index (χ0) is 13.0. The fraction of sp³-hybridized carbons (Fsp3) is 0.167. The quantitative estimate of drug-likeness (QED) is 0.922. The molecule has 6 heteroatoms. The predicted molar refractivity (Wildman–Crippen MR) is 67.9 cm³/mol. The molecule has 1 heterocycles. The van der Waals surface area contributed by atoms with Crippen LogP contribution in [0.25, 0.3) is 0 Å². The van der Waals surface area contributed by atoms with Gasteiger partial charge in [0.1, 0.15) is 0 Å². The van der Waals surface area contributed by atoms with Gasteiger partial charge in [0.2, 0.25) is 0 Å². The number of nitrogens with zero attached hydrogens (tertiary/aromatic N) is 2. The van der Waals surface area contributed by atoms with Gasteiger partial charge in [-0.3, -0.25) is 0 Å². The van der Waals surface area contributed by atoms with Crippen molar-refractivity contribution in [3.8, 4) is 5.75 Å². The van der Waals surface area contributed by atoms with E-state index >= 15 is 0 Å². The van der Waals surface area contributed by atoms with Gasteiger partial charge in [0.05, 0.1) is 6.61 Å². The molecule has 0 fully saturated rings. The van der Waals surface area contributed by atoms with Crippen LogP contribution in [0.3, 0.4) is 0 Å². The normalized spacial score (nSPS) is 10.2. The van der Waals surface area contributed by atoms with E-state index in [0.29, 0.717) is 18.1 Å². The number of hydrogen-bond acceptors (Lipinski definition) is 4. The van der Waals surface area contributed by atoms with E-state index in [1.165, 1.54) is 18.5 Å². The Morgan fingerprint density at radius 2 is 2.11 bits per heavy atom. The molecule has 0 aliphatic heterocycles.